The quantitative estimate of drug-likeness (QED) is 0.647. The second-order valence-electron chi connectivity index (χ2n) is 4.66. The molecule has 0 spiro atoms. The van der Waals surface area contributed by atoms with Crippen molar-refractivity contribution in [3.63, 3.8) is 0 Å². The largest absolute Gasteiger partial charge is 0.497 e. The summed E-state index contributed by atoms with van der Waals surface area (Å²) in [5.41, 5.74) is 1.22. The fourth-order valence-electron chi connectivity index (χ4n) is 2.14. The molecule has 1 aromatic carbocycles. The third kappa shape index (κ3) is 3.01. The zero-order chi connectivity index (χ0) is 15.4. The molecule has 0 N–H and O–H groups in total. The molecule has 0 aliphatic rings. The van der Waals surface area contributed by atoms with Crippen molar-refractivity contribution in [2.45, 2.75) is 24.4 Å². The standard InChI is InChI=1S/C16H17N3O2S/c1-3-19-15(14-5-4-10-21-14)17-18-16(19)22-11-12-6-8-13(20-2)9-7-12/h4-10H,3,11H2,1-2H3. The van der Waals surface area contributed by atoms with Gasteiger partial charge in [-0.2, -0.15) is 0 Å². The maximum Gasteiger partial charge on any atom is 0.200 e. The van der Waals surface area contributed by atoms with E-state index in [-0.39, 0.29) is 0 Å². The van der Waals surface area contributed by atoms with Crippen LogP contribution in [0.2, 0.25) is 0 Å². The average Bonchev–Trinajstić information content (AvgIpc) is 3.22. The lowest BCUT2D eigenvalue weighted by Gasteiger charge is -2.06. The molecule has 6 heteroatoms. The molecular formula is C16H17N3O2S. The Morgan fingerprint density at radius 1 is 1.18 bits per heavy atom. The Bertz CT molecular complexity index is 720. The summed E-state index contributed by atoms with van der Waals surface area (Å²) in [6.07, 6.45) is 1.65. The van der Waals surface area contributed by atoms with Gasteiger partial charge in [0.2, 0.25) is 0 Å². The number of methoxy groups -OCH3 is 1. The van der Waals surface area contributed by atoms with Gasteiger partial charge < -0.3 is 9.15 Å². The smallest absolute Gasteiger partial charge is 0.200 e. The monoisotopic (exact) mass is 315 g/mol. The number of aromatic nitrogens is 3. The fraction of sp³-hybridized carbons (Fsp3) is 0.250. The van der Waals surface area contributed by atoms with Crippen LogP contribution in [0.5, 0.6) is 5.75 Å². The van der Waals surface area contributed by atoms with Gasteiger partial charge in [0.1, 0.15) is 5.75 Å². The Balaban J connectivity index is 1.75. The number of ether oxygens (including phenoxy) is 1. The molecule has 0 atom stereocenters. The van der Waals surface area contributed by atoms with Crippen molar-refractivity contribution in [2.75, 3.05) is 7.11 Å². The van der Waals surface area contributed by atoms with Gasteiger partial charge in [0, 0.05) is 12.3 Å². The van der Waals surface area contributed by atoms with E-state index in [2.05, 4.69) is 33.8 Å². The van der Waals surface area contributed by atoms with E-state index in [4.69, 9.17) is 9.15 Å². The van der Waals surface area contributed by atoms with Crippen LogP contribution < -0.4 is 4.74 Å². The van der Waals surface area contributed by atoms with Gasteiger partial charge >= 0.3 is 0 Å². The molecule has 0 aliphatic heterocycles. The van der Waals surface area contributed by atoms with Crippen LogP contribution in [0.1, 0.15) is 12.5 Å². The normalized spacial score (nSPS) is 10.8. The summed E-state index contributed by atoms with van der Waals surface area (Å²) in [5.74, 6) is 3.21. The van der Waals surface area contributed by atoms with Gasteiger partial charge in [-0.1, -0.05) is 23.9 Å². The molecule has 22 heavy (non-hydrogen) atoms. The van der Waals surface area contributed by atoms with Gasteiger partial charge in [-0.05, 0) is 36.8 Å². The zero-order valence-electron chi connectivity index (χ0n) is 12.5. The summed E-state index contributed by atoms with van der Waals surface area (Å²) in [6.45, 7) is 2.88. The number of hydrogen-bond donors (Lipinski definition) is 0. The molecule has 114 valence electrons. The van der Waals surface area contributed by atoms with Crippen molar-refractivity contribution in [3.8, 4) is 17.3 Å². The van der Waals surface area contributed by atoms with Crippen LogP contribution in [0.4, 0.5) is 0 Å². The number of rotatable bonds is 6. The van der Waals surface area contributed by atoms with E-state index in [0.29, 0.717) is 0 Å². The molecule has 0 radical (unpaired) electrons. The zero-order valence-corrected chi connectivity index (χ0v) is 13.3. The first kappa shape index (κ1) is 14.7. The summed E-state index contributed by atoms with van der Waals surface area (Å²) in [4.78, 5) is 0. The van der Waals surface area contributed by atoms with Gasteiger partial charge in [-0.25, -0.2) is 0 Å². The summed E-state index contributed by atoms with van der Waals surface area (Å²) in [5, 5.41) is 9.42. The van der Waals surface area contributed by atoms with E-state index in [9.17, 15) is 0 Å². The molecule has 0 saturated carbocycles. The first-order valence-electron chi connectivity index (χ1n) is 7.04. The minimum Gasteiger partial charge on any atom is -0.497 e. The van der Waals surface area contributed by atoms with E-state index in [1.165, 1.54) is 5.56 Å². The van der Waals surface area contributed by atoms with Crippen LogP contribution in [0.15, 0.2) is 52.2 Å². The highest BCUT2D eigenvalue weighted by Gasteiger charge is 2.14. The second-order valence-corrected chi connectivity index (χ2v) is 5.61. The first-order chi connectivity index (χ1) is 10.8. The minimum atomic E-state index is 0.741. The lowest BCUT2D eigenvalue weighted by atomic mass is 10.2. The highest BCUT2D eigenvalue weighted by atomic mass is 32.2. The topological polar surface area (TPSA) is 53.1 Å². The van der Waals surface area contributed by atoms with E-state index in [1.54, 1.807) is 25.1 Å². The van der Waals surface area contributed by atoms with Crippen molar-refractivity contribution in [3.05, 3.63) is 48.2 Å². The molecule has 0 aliphatic carbocycles. The van der Waals surface area contributed by atoms with Crippen LogP contribution in [0, 0.1) is 0 Å². The average molecular weight is 315 g/mol. The van der Waals surface area contributed by atoms with E-state index < -0.39 is 0 Å². The minimum absolute atomic E-state index is 0.741. The molecule has 2 aromatic heterocycles. The molecule has 5 nitrogen and oxygen atoms in total. The number of furan rings is 1. The number of thioether (sulfide) groups is 1. The third-order valence-electron chi connectivity index (χ3n) is 3.30. The fourth-order valence-corrected chi connectivity index (χ4v) is 3.10. The van der Waals surface area contributed by atoms with Crippen molar-refractivity contribution >= 4 is 11.8 Å². The highest BCUT2D eigenvalue weighted by molar-refractivity contribution is 7.98. The van der Waals surface area contributed by atoms with Crippen LogP contribution >= 0.6 is 11.8 Å². The molecule has 3 rings (SSSR count). The van der Waals surface area contributed by atoms with Crippen LogP contribution in [0.25, 0.3) is 11.6 Å². The lowest BCUT2D eigenvalue weighted by Crippen LogP contribution is -1.99. The summed E-state index contributed by atoms with van der Waals surface area (Å²) in [7, 11) is 1.67. The molecule has 0 saturated heterocycles. The SMILES string of the molecule is CCn1c(SCc2ccc(OC)cc2)nnc1-c1ccco1. The molecule has 0 amide bonds. The van der Waals surface area contributed by atoms with Crippen LogP contribution in [0.3, 0.4) is 0 Å². The van der Waals surface area contributed by atoms with Crippen molar-refractivity contribution in [1.82, 2.24) is 14.8 Å². The van der Waals surface area contributed by atoms with Gasteiger partial charge in [0.05, 0.1) is 13.4 Å². The summed E-state index contributed by atoms with van der Waals surface area (Å²) in [6, 6.07) is 11.8. The highest BCUT2D eigenvalue weighted by Crippen LogP contribution is 2.27. The Morgan fingerprint density at radius 3 is 2.64 bits per heavy atom. The predicted octanol–water partition coefficient (Wildman–Crippen LogP) is 3.86. The Morgan fingerprint density at radius 2 is 2.00 bits per heavy atom. The van der Waals surface area contributed by atoms with Gasteiger partial charge in [0.15, 0.2) is 16.7 Å². The lowest BCUT2D eigenvalue weighted by molar-refractivity contribution is 0.414. The number of benzene rings is 1. The maximum atomic E-state index is 5.42. The maximum absolute atomic E-state index is 5.42. The van der Waals surface area contributed by atoms with E-state index in [1.807, 2.05) is 24.3 Å². The van der Waals surface area contributed by atoms with Gasteiger partial charge in [-0.3, -0.25) is 4.57 Å². The van der Waals surface area contributed by atoms with Crippen molar-refractivity contribution in [2.24, 2.45) is 0 Å². The molecule has 0 unspecified atom stereocenters. The molecular weight excluding hydrogens is 298 g/mol. The summed E-state index contributed by atoms with van der Waals surface area (Å²) < 4.78 is 12.6. The molecule has 3 aromatic rings. The van der Waals surface area contributed by atoms with Gasteiger partial charge in [0.25, 0.3) is 0 Å². The second kappa shape index (κ2) is 6.70. The number of nitrogens with zero attached hydrogens (tertiary/aromatic N) is 3. The predicted molar refractivity (Wildman–Crippen MR) is 86.0 cm³/mol. The first-order valence-corrected chi connectivity index (χ1v) is 8.03. The van der Waals surface area contributed by atoms with Crippen LogP contribution in [-0.2, 0) is 12.3 Å². The molecule has 0 bridgehead atoms. The Hall–Kier alpha value is -2.21. The van der Waals surface area contributed by atoms with Gasteiger partial charge in [-0.15, -0.1) is 10.2 Å². The molecule has 2 heterocycles. The Kier molecular flexibility index (Phi) is 4.48. The molecule has 0 fully saturated rings. The third-order valence-corrected chi connectivity index (χ3v) is 4.34. The van der Waals surface area contributed by atoms with Crippen molar-refractivity contribution in [1.29, 1.82) is 0 Å². The van der Waals surface area contributed by atoms with Crippen molar-refractivity contribution < 1.29 is 9.15 Å². The summed E-state index contributed by atoms with van der Waals surface area (Å²) >= 11 is 1.66. The van der Waals surface area contributed by atoms with Crippen LogP contribution in [-0.4, -0.2) is 21.9 Å². The number of hydrogen-bond acceptors (Lipinski definition) is 5. The Labute approximate surface area is 133 Å². The van der Waals surface area contributed by atoms with E-state index in [0.717, 1.165) is 34.8 Å². The van der Waals surface area contributed by atoms with E-state index >= 15 is 0 Å².